The largest absolute Gasteiger partial charge is 0.388 e. The number of unbranched alkanes of at least 4 members (excludes halogenated alkanes) is 2. The third kappa shape index (κ3) is 7.45. The van der Waals surface area contributed by atoms with E-state index in [1.165, 1.54) is 17.8 Å². The van der Waals surface area contributed by atoms with Crippen molar-refractivity contribution in [2.75, 3.05) is 49.2 Å². The van der Waals surface area contributed by atoms with E-state index < -0.39 is 22.0 Å². The Morgan fingerprint density at radius 3 is 2.39 bits per heavy atom. The fraction of sp³-hybridized carbons (Fsp3) is 0.458. The maximum Gasteiger partial charge on any atom is 0.316 e. The van der Waals surface area contributed by atoms with Gasteiger partial charge in [0.2, 0.25) is 0 Å². The molecule has 2 aromatic carbocycles. The summed E-state index contributed by atoms with van der Waals surface area (Å²) >= 11 is 0. The van der Waals surface area contributed by atoms with Crippen LogP contribution in [0.2, 0.25) is 0 Å². The van der Waals surface area contributed by atoms with E-state index in [1.807, 2.05) is 6.07 Å². The zero-order chi connectivity index (χ0) is 23.8. The molecule has 1 aliphatic rings. The number of anilines is 2. The fourth-order valence-corrected chi connectivity index (χ4v) is 5.02. The summed E-state index contributed by atoms with van der Waals surface area (Å²) in [5, 5.41) is 12.9. The molecule has 1 saturated heterocycles. The van der Waals surface area contributed by atoms with Gasteiger partial charge in [0.25, 0.3) is 0 Å². The number of para-hydroxylation sites is 1. The Hall–Kier alpha value is -2.62. The average molecular weight is 475 g/mol. The van der Waals surface area contributed by atoms with Crippen LogP contribution in [0.1, 0.15) is 37.4 Å². The van der Waals surface area contributed by atoms with E-state index in [4.69, 9.17) is 5.73 Å². The normalized spacial score (nSPS) is 15.9. The molecule has 33 heavy (non-hydrogen) atoms. The lowest BCUT2D eigenvalue weighted by Gasteiger charge is -2.36. The van der Waals surface area contributed by atoms with Crippen LogP contribution >= 0.6 is 0 Å². The Bertz CT molecular complexity index is 1020. The number of nitrogens with one attached hydrogen (secondary N) is 1. The van der Waals surface area contributed by atoms with Crippen LogP contribution in [0.25, 0.3) is 0 Å². The van der Waals surface area contributed by atoms with Crippen molar-refractivity contribution in [2.24, 2.45) is 5.73 Å². The first-order chi connectivity index (χ1) is 15.7. The van der Waals surface area contributed by atoms with E-state index in [9.17, 15) is 18.3 Å². The van der Waals surface area contributed by atoms with Gasteiger partial charge in [0.1, 0.15) is 0 Å². The van der Waals surface area contributed by atoms with Crippen molar-refractivity contribution in [3.05, 3.63) is 54.1 Å². The van der Waals surface area contributed by atoms with Gasteiger partial charge in [-0.15, -0.1) is 0 Å². The monoisotopic (exact) mass is 474 g/mol. The first kappa shape index (κ1) is 25.0. The third-order valence-corrected chi connectivity index (χ3v) is 7.15. The Labute approximate surface area is 196 Å². The minimum Gasteiger partial charge on any atom is -0.388 e. The summed E-state index contributed by atoms with van der Waals surface area (Å²) in [6.07, 6.45) is 3.82. The molecule has 0 aliphatic carbocycles. The van der Waals surface area contributed by atoms with Gasteiger partial charge in [-0.3, -0.25) is 4.90 Å². The van der Waals surface area contributed by atoms with E-state index in [0.717, 1.165) is 58.2 Å². The molecule has 2 aromatic rings. The van der Waals surface area contributed by atoms with E-state index in [0.29, 0.717) is 12.0 Å². The van der Waals surface area contributed by atoms with Crippen LogP contribution in [-0.2, 0) is 9.84 Å². The van der Waals surface area contributed by atoms with Crippen LogP contribution < -0.4 is 16.0 Å². The number of hydrogen-bond acceptors (Lipinski definition) is 6. The highest BCUT2D eigenvalue weighted by Crippen LogP contribution is 2.28. The third-order valence-electron chi connectivity index (χ3n) is 5.99. The number of aliphatic hydroxyl groups excluding tert-OH is 1. The molecule has 0 spiro atoms. The van der Waals surface area contributed by atoms with E-state index in [1.54, 1.807) is 6.07 Å². The number of aliphatic hydroxyl groups is 1. The zero-order valence-electron chi connectivity index (χ0n) is 19.1. The fourth-order valence-electron chi connectivity index (χ4n) is 4.19. The van der Waals surface area contributed by atoms with Gasteiger partial charge < -0.3 is 21.1 Å². The topological polar surface area (TPSA) is 116 Å². The van der Waals surface area contributed by atoms with Crippen molar-refractivity contribution in [3.8, 4) is 0 Å². The smallest absolute Gasteiger partial charge is 0.316 e. The number of urea groups is 1. The summed E-state index contributed by atoms with van der Waals surface area (Å²) in [6, 6.07) is 14.1. The molecule has 1 unspecified atom stereocenters. The molecule has 1 heterocycles. The number of hydrogen-bond donors (Lipinski definition) is 3. The quantitative estimate of drug-likeness (QED) is 0.456. The number of sulfone groups is 1. The van der Waals surface area contributed by atoms with Gasteiger partial charge in [-0.05, 0) is 49.2 Å². The maximum atomic E-state index is 11.9. The summed E-state index contributed by atoms with van der Waals surface area (Å²) in [6.45, 7) is 5.23. The molecule has 4 N–H and O–H groups in total. The summed E-state index contributed by atoms with van der Waals surface area (Å²) in [7, 11) is -3.54. The molecule has 8 nitrogen and oxygen atoms in total. The van der Waals surface area contributed by atoms with Crippen molar-refractivity contribution >= 4 is 27.2 Å². The van der Waals surface area contributed by atoms with Gasteiger partial charge in [-0.25, -0.2) is 13.2 Å². The molecule has 3 rings (SSSR count). The van der Waals surface area contributed by atoms with Gasteiger partial charge in [-0.1, -0.05) is 37.1 Å². The number of benzene rings is 2. The van der Waals surface area contributed by atoms with E-state index in [-0.39, 0.29) is 10.6 Å². The SMILES string of the molecule is CS(=O)(=O)c1ccc(C(O)CCCCCN2CCN(c3ccccc3)CC2)cc1NC(N)=O. The van der Waals surface area contributed by atoms with Crippen LogP contribution in [0.3, 0.4) is 0 Å². The van der Waals surface area contributed by atoms with Crippen LogP contribution in [-0.4, -0.2) is 63.4 Å². The van der Waals surface area contributed by atoms with Crippen molar-refractivity contribution in [2.45, 2.75) is 36.7 Å². The van der Waals surface area contributed by atoms with Crippen LogP contribution in [0.4, 0.5) is 16.2 Å². The van der Waals surface area contributed by atoms with Crippen LogP contribution in [0.15, 0.2) is 53.4 Å². The van der Waals surface area contributed by atoms with Crippen LogP contribution in [0, 0.1) is 0 Å². The lowest BCUT2D eigenvalue weighted by molar-refractivity contribution is 0.162. The Morgan fingerprint density at radius 1 is 1.06 bits per heavy atom. The molecule has 1 fully saturated rings. The number of carbonyl (C=O) groups excluding carboxylic acids is 1. The summed E-state index contributed by atoms with van der Waals surface area (Å²) in [5.41, 5.74) is 7.10. The molecule has 1 atom stereocenters. The lowest BCUT2D eigenvalue weighted by atomic mass is 10.0. The van der Waals surface area contributed by atoms with Gasteiger partial charge in [0.05, 0.1) is 16.7 Å². The highest BCUT2D eigenvalue weighted by Gasteiger charge is 2.18. The number of piperazine rings is 1. The second-order valence-corrected chi connectivity index (χ2v) is 10.5. The number of amides is 2. The second-order valence-electron chi connectivity index (χ2n) is 8.55. The van der Waals surface area contributed by atoms with Gasteiger partial charge in [0, 0.05) is 38.1 Å². The Morgan fingerprint density at radius 2 is 1.76 bits per heavy atom. The minimum atomic E-state index is -3.54. The first-order valence-electron chi connectivity index (χ1n) is 11.3. The number of primary amides is 1. The van der Waals surface area contributed by atoms with Crippen molar-refractivity contribution in [1.82, 2.24) is 4.90 Å². The predicted molar refractivity (Wildman–Crippen MR) is 131 cm³/mol. The predicted octanol–water partition coefficient (Wildman–Crippen LogP) is 3.00. The number of rotatable bonds is 10. The lowest BCUT2D eigenvalue weighted by Crippen LogP contribution is -2.46. The number of carbonyl (C=O) groups is 1. The Kier molecular flexibility index (Phi) is 8.71. The molecule has 1 aliphatic heterocycles. The highest BCUT2D eigenvalue weighted by atomic mass is 32.2. The molecule has 0 radical (unpaired) electrons. The molecule has 2 amide bonds. The zero-order valence-corrected chi connectivity index (χ0v) is 19.9. The molecule has 180 valence electrons. The minimum absolute atomic E-state index is 0.0235. The van der Waals surface area contributed by atoms with Gasteiger partial charge in [-0.2, -0.15) is 0 Å². The van der Waals surface area contributed by atoms with Gasteiger partial charge >= 0.3 is 6.03 Å². The molecular formula is C24H34N4O4S. The average Bonchev–Trinajstić information content (AvgIpc) is 2.78. The van der Waals surface area contributed by atoms with Crippen molar-refractivity contribution in [3.63, 3.8) is 0 Å². The number of nitrogens with two attached hydrogens (primary N) is 1. The summed E-state index contributed by atoms with van der Waals surface area (Å²) in [5.74, 6) is 0. The molecule has 0 aromatic heterocycles. The highest BCUT2D eigenvalue weighted by molar-refractivity contribution is 7.90. The summed E-state index contributed by atoms with van der Waals surface area (Å²) < 4.78 is 23.8. The maximum absolute atomic E-state index is 11.9. The van der Waals surface area contributed by atoms with Crippen molar-refractivity contribution < 1.29 is 18.3 Å². The molecular weight excluding hydrogens is 440 g/mol. The second kappa shape index (κ2) is 11.5. The van der Waals surface area contributed by atoms with Crippen molar-refractivity contribution in [1.29, 1.82) is 0 Å². The first-order valence-corrected chi connectivity index (χ1v) is 13.2. The summed E-state index contributed by atoms with van der Waals surface area (Å²) in [4.78, 5) is 16.1. The van der Waals surface area contributed by atoms with E-state index in [2.05, 4.69) is 39.4 Å². The standard InChI is InChI=1S/C24H34N4O4S/c1-33(31,32)23-12-11-19(18-21(23)26-24(25)30)22(29)10-6-3-7-13-27-14-16-28(17-15-27)20-8-4-2-5-9-20/h2,4-5,8-9,11-12,18,22,29H,3,6-7,10,13-17H2,1H3,(H3,25,26,30). The van der Waals surface area contributed by atoms with E-state index >= 15 is 0 Å². The molecule has 0 saturated carbocycles. The van der Waals surface area contributed by atoms with Gasteiger partial charge in [0.15, 0.2) is 9.84 Å². The van der Waals surface area contributed by atoms with Crippen LogP contribution in [0.5, 0.6) is 0 Å². The molecule has 0 bridgehead atoms. The molecule has 9 heteroatoms. The Balaban J connectivity index is 1.41. The number of nitrogens with zero attached hydrogens (tertiary/aromatic N) is 2.